The van der Waals surface area contributed by atoms with Crippen LogP contribution in [0.4, 0.5) is 11.4 Å². The van der Waals surface area contributed by atoms with Gasteiger partial charge in [0.2, 0.25) is 0 Å². The zero-order valence-electron chi connectivity index (χ0n) is 14.9. The van der Waals surface area contributed by atoms with Crippen LogP contribution in [-0.4, -0.2) is 36.9 Å². The molecule has 26 heavy (non-hydrogen) atoms. The van der Waals surface area contributed by atoms with Crippen molar-refractivity contribution in [1.82, 2.24) is 4.98 Å². The first-order valence-electron chi connectivity index (χ1n) is 8.89. The van der Waals surface area contributed by atoms with E-state index in [1.165, 1.54) is 0 Å². The van der Waals surface area contributed by atoms with Crippen molar-refractivity contribution in [3.63, 3.8) is 0 Å². The molecule has 6 heteroatoms. The third-order valence-corrected chi connectivity index (χ3v) is 5.08. The number of carbonyl (C=O) groups excluding carboxylic acids is 1. The number of pyridine rings is 1. The van der Waals surface area contributed by atoms with Gasteiger partial charge in [-0.05, 0) is 36.8 Å². The van der Waals surface area contributed by atoms with Gasteiger partial charge in [-0.3, -0.25) is 4.79 Å². The number of hydrogen-bond acceptors (Lipinski definition) is 5. The molecule has 134 valence electrons. The van der Waals surface area contributed by atoms with E-state index in [-0.39, 0.29) is 5.78 Å². The number of H-pyrrole nitrogens is 1. The minimum Gasteiger partial charge on any atom is -0.370 e. The van der Waals surface area contributed by atoms with Gasteiger partial charge in [0, 0.05) is 50.0 Å². The number of hydrogen-bond donors (Lipinski definition) is 1. The zero-order valence-corrected chi connectivity index (χ0v) is 15.7. The molecule has 0 bridgehead atoms. The molecule has 0 saturated carbocycles. The average molecular weight is 366 g/mol. The van der Waals surface area contributed by atoms with E-state index in [1.54, 1.807) is 6.20 Å². The summed E-state index contributed by atoms with van der Waals surface area (Å²) in [4.78, 5) is 19.3. The van der Waals surface area contributed by atoms with E-state index in [1.807, 2.05) is 37.3 Å². The molecule has 0 radical (unpaired) electrons. The molecule has 1 fully saturated rings. The SMILES string of the molecule is CCC(=O)c1ccc(N2CCCN(c3cc[nH]c(=S)c3C#N)CC2)cc1. The number of nitriles is 1. The first-order chi connectivity index (χ1) is 12.6. The van der Waals surface area contributed by atoms with Crippen LogP contribution in [-0.2, 0) is 0 Å². The highest BCUT2D eigenvalue weighted by molar-refractivity contribution is 7.71. The normalized spacial score (nSPS) is 14.6. The van der Waals surface area contributed by atoms with Gasteiger partial charge in [-0.2, -0.15) is 5.26 Å². The molecule has 1 aliphatic rings. The number of carbonyl (C=O) groups is 1. The first-order valence-corrected chi connectivity index (χ1v) is 9.29. The van der Waals surface area contributed by atoms with E-state index in [4.69, 9.17) is 12.2 Å². The Labute approximate surface area is 158 Å². The molecular formula is C20H22N4OS. The molecule has 2 aromatic rings. The van der Waals surface area contributed by atoms with E-state index in [0.29, 0.717) is 16.6 Å². The van der Waals surface area contributed by atoms with E-state index in [0.717, 1.165) is 49.5 Å². The van der Waals surface area contributed by atoms with Crippen LogP contribution < -0.4 is 9.80 Å². The van der Waals surface area contributed by atoms with E-state index in [9.17, 15) is 10.1 Å². The fraction of sp³-hybridized carbons (Fsp3) is 0.350. The topological polar surface area (TPSA) is 63.1 Å². The van der Waals surface area contributed by atoms with Gasteiger partial charge in [0.25, 0.3) is 0 Å². The number of nitrogens with zero attached hydrogens (tertiary/aromatic N) is 3. The highest BCUT2D eigenvalue weighted by atomic mass is 32.1. The predicted molar refractivity (Wildman–Crippen MR) is 106 cm³/mol. The molecule has 0 amide bonds. The Balaban J connectivity index is 1.75. The zero-order chi connectivity index (χ0) is 18.5. The molecule has 3 rings (SSSR count). The molecule has 1 aromatic heterocycles. The van der Waals surface area contributed by atoms with Crippen molar-refractivity contribution in [1.29, 1.82) is 5.26 Å². The van der Waals surface area contributed by atoms with Crippen molar-refractivity contribution in [3.8, 4) is 6.07 Å². The van der Waals surface area contributed by atoms with Gasteiger partial charge in [-0.1, -0.05) is 19.1 Å². The first kappa shape index (κ1) is 18.2. The Morgan fingerprint density at radius 2 is 1.85 bits per heavy atom. The van der Waals surface area contributed by atoms with E-state index in [2.05, 4.69) is 20.9 Å². The van der Waals surface area contributed by atoms with Crippen LogP contribution in [0, 0.1) is 16.0 Å². The number of Topliss-reactive ketones (excluding diaryl/α,β-unsaturated/α-hetero) is 1. The van der Waals surface area contributed by atoms with Crippen molar-refractivity contribution < 1.29 is 4.79 Å². The molecule has 0 unspecified atom stereocenters. The monoisotopic (exact) mass is 366 g/mol. The number of rotatable bonds is 4. The van der Waals surface area contributed by atoms with Crippen LogP contribution in [0.2, 0.25) is 0 Å². The summed E-state index contributed by atoms with van der Waals surface area (Å²) in [5.41, 5.74) is 3.34. The summed E-state index contributed by atoms with van der Waals surface area (Å²) >= 11 is 5.24. The largest absolute Gasteiger partial charge is 0.370 e. The van der Waals surface area contributed by atoms with Crippen molar-refractivity contribution in [2.75, 3.05) is 36.0 Å². The van der Waals surface area contributed by atoms with Crippen molar-refractivity contribution in [3.05, 3.63) is 52.3 Å². The molecule has 1 aliphatic heterocycles. The lowest BCUT2D eigenvalue weighted by atomic mass is 10.1. The third-order valence-electron chi connectivity index (χ3n) is 4.76. The molecule has 0 atom stereocenters. The molecule has 1 aromatic carbocycles. The number of ketones is 1. The molecule has 2 heterocycles. The molecule has 0 aliphatic carbocycles. The summed E-state index contributed by atoms with van der Waals surface area (Å²) < 4.78 is 0.488. The summed E-state index contributed by atoms with van der Waals surface area (Å²) in [6.07, 6.45) is 3.31. The lowest BCUT2D eigenvalue weighted by molar-refractivity contribution is 0.0988. The van der Waals surface area contributed by atoms with Gasteiger partial charge in [0.1, 0.15) is 16.3 Å². The maximum atomic E-state index is 11.8. The number of aromatic nitrogens is 1. The number of nitrogens with one attached hydrogen (secondary N) is 1. The molecular weight excluding hydrogens is 344 g/mol. The molecule has 1 N–H and O–H groups in total. The average Bonchev–Trinajstić information content (AvgIpc) is 2.93. The van der Waals surface area contributed by atoms with Gasteiger partial charge in [-0.25, -0.2) is 0 Å². The standard InChI is InChI=1S/C20H22N4OS/c1-2-19(25)15-4-6-16(7-5-15)23-10-3-11-24(13-12-23)18-8-9-22-20(26)17(18)14-21/h4-9H,2-3,10-13H2,1H3,(H,22,26). The quantitative estimate of drug-likeness (QED) is 0.656. The van der Waals surface area contributed by atoms with Gasteiger partial charge in [0.05, 0.1) is 5.69 Å². The molecule has 5 nitrogen and oxygen atoms in total. The minimum absolute atomic E-state index is 0.170. The second-order valence-corrected chi connectivity index (χ2v) is 6.74. The maximum absolute atomic E-state index is 11.8. The molecule has 1 saturated heterocycles. The second-order valence-electron chi connectivity index (χ2n) is 6.33. The maximum Gasteiger partial charge on any atom is 0.162 e. The Morgan fingerprint density at radius 3 is 2.54 bits per heavy atom. The summed E-state index contributed by atoms with van der Waals surface area (Å²) in [7, 11) is 0. The van der Waals surface area contributed by atoms with E-state index < -0.39 is 0 Å². The van der Waals surface area contributed by atoms with Crippen LogP contribution in [0.15, 0.2) is 36.5 Å². The minimum atomic E-state index is 0.170. The summed E-state index contributed by atoms with van der Waals surface area (Å²) in [5, 5.41) is 9.42. The number of aromatic amines is 1. The lowest BCUT2D eigenvalue weighted by Gasteiger charge is -2.25. The Morgan fingerprint density at radius 1 is 1.15 bits per heavy atom. The third kappa shape index (κ3) is 3.78. The summed E-state index contributed by atoms with van der Waals surface area (Å²) in [6.45, 7) is 5.39. The Bertz CT molecular complexity index is 882. The summed E-state index contributed by atoms with van der Waals surface area (Å²) in [6, 6.07) is 12.0. The highest BCUT2D eigenvalue weighted by Crippen LogP contribution is 2.23. The Hall–Kier alpha value is -2.65. The predicted octanol–water partition coefficient (Wildman–Crippen LogP) is 3.93. The summed E-state index contributed by atoms with van der Waals surface area (Å²) in [5.74, 6) is 0.170. The van der Waals surface area contributed by atoms with Crippen molar-refractivity contribution in [2.24, 2.45) is 0 Å². The highest BCUT2D eigenvalue weighted by Gasteiger charge is 2.18. The van der Waals surface area contributed by atoms with Crippen LogP contribution >= 0.6 is 12.2 Å². The van der Waals surface area contributed by atoms with Gasteiger partial charge in [-0.15, -0.1) is 0 Å². The van der Waals surface area contributed by atoms with Crippen LogP contribution in [0.25, 0.3) is 0 Å². The van der Waals surface area contributed by atoms with Crippen LogP contribution in [0.5, 0.6) is 0 Å². The fourth-order valence-corrected chi connectivity index (χ4v) is 3.54. The fourth-order valence-electron chi connectivity index (χ4n) is 3.32. The van der Waals surface area contributed by atoms with Crippen LogP contribution in [0.1, 0.15) is 35.7 Å². The Kier molecular flexibility index (Phi) is 5.69. The van der Waals surface area contributed by atoms with Gasteiger partial charge >= 0.3 is 0 Å². The van der Waals surface area contributed by atoms with Crippen molar-refractivity contribution >= 4 is 29.4 Å². The van der Waals surface area contributed by atoms with Gasteiger partial charge < -0.3 is 14.8 Å². The smallest absolute Gasteiger partial charge is 0.162 e. The number of benzene rings is 1. The molecule has 0 spiro atoms. The second kappa shape index (κ2) is 8.15. The van der Waals surface area contributed by atoms with Crippen molar-refractivity contribution in [2.45, 2.75) is 19.8 Å². The van der Waals surface area contributed by atoms with E-state index >= 15 is 0 Å². The number of anilines is 2. The van der Waals surface area contributed by atoms with Crippen LogP contribution in [0.3, 0.4) is 0 Å². The van der Waals surface area contributed by atoms with Gasteiger partial charge in [0.15, 0.2) is 5.78 Å². The lowest BCUT2D eigenvalue weighted by Crippen LogP contribution is -2.31.